The van der Waals surface area contributed by atoms with Crippen LogP contribution in [0.25, 0.3) is 0 Å². The second-order valence-corrected chi connectivity index (χ2v) is 9.16. The van der Waals surface area contributed by atoms with Crippen LogP contribution in [0.15, 0.2) is 12.2 Å². The number of likely N-dealkylation sites (N-methyl/N-ethyl adjacent to an activating group) is 2. The summed E-state index contributed by atoms with van der Waals surface area (Å²) in [5.74, 6) is 0. The molecule has 192 valence electrons. The number of carbonyl (C=O) groups is 1. The van der Waals surface area contributed by atoms with E-state index in [4.69, 9.17) is 9.53 Å². The Balaban J connectivity index is 0. The van der Waals surface area contributed by atoms with E-state index in [1.165, 1.54) is 103 Å². The van der Waals surface area contributed by atoms with Crippen LogP contribution < -0.4 is 0 Å². The third kappa shape index (κ3) is 29.3. The molecule has 4 nitrogen and oxygen atoms in total. The lowest BCUT2D eigenvalue weighted by atomic mass is 10.1. The maximum absolute atomic E-state index is 8.00. The fourth-order valence-electron chi connectivity index (χ4n) is 3.72. The van der Waals surface area contributed by atoms with Crippen molar-refractivity contribution in [3.05, 3.63) is 12.2 Å². The topological polar surface area (TPSA) is 32.8 Å². The molecule has 32 heavy (non-hydrogen) atoms. The van der Waals surface area contributed by atoms with Crippen LogP contribution in [0.5, 0.6) is 0 Å². The average molecular weight is 455 g/mol. The Morgan fingerprint density at radius 1 is 0.562 bits per heavy atom. The molecule has 0 bridgehead atoms. The summed E-state index contributed by atoms with van der Waals surface area (Å²) in [7, 11) is 4.41. The lowest BCUT2D eigenvalue weighted by Gasteiger charge is -2.21. The Bertz CT molecular complexity index is 363. The normalized spacial score (nSPS) is 11.4. The number of unbranched alkanes of at least 4 members (excludes halogenated alkanes) is 12. The summed E-state index contributed by atoms with van der Waals surface area (Å²) in [4.78, 5) is 12.8. The summed E-state index contributed by atoms with van der Waals surface area (Å²) in [6.45, 7) is 12.9. The van der Waals surface area contributed by atoms with Crippen LogP contribution in [-0.4, -0.2) is 70.1 Å². The van der Waals surface area contributed by atoms with Gasteiger partial charge in [0.25, 0.3) is 0 Å². The van der Waals surface area contributed by atoms with Gasteiger partial charge in [-0.3, -0.25) is 0 Å². The lowest BCUT2D eigenvalue weighted by molar-refractivity contribution is -0.0979. The molecule has 0 fully saturated rings. The number of carbonyl (C=O) groups excluding carboxylic acids is 1. The van der Waals surface area contributed by atoms with Gasteiger partial charge in [0.1, 0.15) is 6.79 Å². The number of allylic oxidation sites excluding steroid dienone is 2. The molecule has 0 saturated heterocycles. The van der Waals surface area contributed by atoms with Gasteiger partial charge >= 0.3 is 0 Å². The monoisotopic (exact) mass is 454 g/mol. The number of hydrogen-bond acceptors (Lipinski definition) is 4. The molecule has 0 radical (unpaired) electrons. The van der Waals surface area contributed by atoms with Crippen LogP contribution in [0.3, 0.4) is 0 Å². The zero-order valence-corrected chi connectivity index (χ0v) is 22.4. The average Bonchev–Trinajstić information content (AvgIpc) is 2.80. The van der Waals surface area contributed by atoms with Crippen molar-refractivity contribution in [2.75, 3.05) is 53.5 Å². The fraction of sp³-hybridized carbons (Fsp3) is 0.893. The van der Waals surface area contributed by atoms with E-state index < -0.39 is 0 Å². The highest BCUT2D eigenvalue weighted by atomic mass is 16.5. The first-order valence-electron chi connectivity index (χ1n) is 13.6. The predicted molar refractivity (Wildman–Crippen MR) is 143 cm³/mol. The van der Waals surface area contributed by atoms with E-state index in [-0.39, 0.29) is 0 Å². The summed E-state index contributed by atoms with van der Waals surface area (Å²) in [5, 5.41) is 0. The molecule has 0 spiro atoms. The van der Waals surface area contributed by atoms with E-state index in [9.17, 15) is 0 Å². The van der Waals surface area contributed by atoms with Gasteiger partial charge in [0, 0.05) is 26.2 Å². The molecule has 0 N–H and O–H groups in total. The van der Waals surface area contributed by atoms with Crippen LogP contribution in [0, 0.1) is 0 Å². The maximum Gasteiger partial charge on any atom is 0.106 e. The SMILES string of the molecule is C=O.CCCCCCCC/C=C\CCCCCCCCOCCN(C)CCN(C)CCC. The van der Waals surface area contributed by atoms with Crippen LogP contribution >= 0.6 is 0 Å². The van der Waals surface area contributed by atoms with E-state index in [1.807, 2.05) is 6.79 Å². The summed E-state index contributed by atoms with van der Waals surface area (Å²) < 4.78 is 5.81. The highest BCUT2D eigenvalue weighted by Crippen LogP contribution is 2.10. The smallest absolute Gasteiger partial charge is 0.106 e. The molecule has 0 aromatic heterocycles. The maximum atomic E-state index is 8.00. The van der Waals surface area contributed by atoms with Gasteiger partial charge in [-0.05, 0) is 59.2 Å². The minimum atomic E-state index is 0.874. The standard InChI is InChI=1S/C27H56N2O.CH2O/c1-5-7-8-9-10-11-12-13-14-15-16-17-18-19-20-21-26-30-27-25-29(4)24-23-28(3)22-6-2;1-2/h13-14H,5-12,15-27H2,1-4H3;1H2/b14-13-;. The van der Waals surface area contributed by atoms with Gasteiger partial charge < -0.3 is 19.3 Å². The van der Waals surface area contributed by atoms with Gasteiger partial charge in [-0.15, -0.1) is 0 Å². The Morgan fingerprint density at radius 3 is 1.56 bits per heavy atom. The summed E-state index contributed by atoms with van der Waals surface area (Å²) >= 11 is 0. The molecule has 0 aliphatic carbocycles. The highest BCUT2D eigenvalue weighted by molar-refractivity contribution is 5.11. The third-order valence-corrected chi connectivity index (χ3v) is 5.89. The second kappa shape index (κ2) is 30.3. The van der Waals surface area contributed by atoms with Gasteiger partial charge in [-0.25, -0.2) is 0 Å². The molecule has 0 unspecified atom stereocenters. The predicted octanol–water partition coefficient (Wildman–Crippen LogP) is 7.13. The largest absolute Gasteiger partial charge is 0.380 e. The van der Waals surface area contributed by atoms with Crippen LogP contribution in [0.4, 0.5) is 0 Å². The zero-order chi connectivity index (χ0) is 24.1. The molecule has 0 heterocycles. The molecule has 0 rings (SSSR count). The van der Waals surface area contributed by atoms with E-state index in [2.05, 4.69) is 49.9 Å². The Hall–Kier alpha value is -0.710. The molecule has 0 atom stereocenters. The van der Waals surface area contributed by atoms with Crippen molar-refractivity contribution in [2.24, 2.45) is 0 Å². The third-order valence-electron chi connectivity index (χ3n) is 5.89. The molecular weight excluding hydrogens is 396 g/mol. The van der Waals surface area contributed by atoms with Crippen molar-refractivity contribution in [3.8, 4) is 0 Å². The zero-order valence-electron chi connectivity index (χ0n) is 22.4. The molecule has 0 aliphatic heterocycles. The van der Waals surface area contributed by atoms with E-state index in [0.717, 1.165) is 32.8 Å². The van der Waals surface area contributed by atoms with Gasteiger partial charge in [-0.2, -0.15) is 0 Å². The minimum absolute atomic E-state index is 0.874. The highest BCUT2D eigenvalue weighted by Gasteiger charge is 2.01. The lowest BCUT2D eigenvalue weighted by Crippen LogP contribution is -2.33. The van der Waals surface area contributed by atoms with Gasteiger partial charge in [0.15, 0.2) is 0 Å². The first kappa shape index (κ1) is 33.5. The Morgan fingerprint density at radius 2 is 1.03 bits per heavy atom. The first-order chi connectivity index (χ1) is 15.7. The Labute approximate surface area is 202 Å². The van der Waals surface area contributed by atoms with Gasteiger partial charge in [0.2, 0.25) is 0 Å². The van der Waals surface area contributed by atoms with Gasteiger partial charge in [-0.1, -0.05) is 83.8 Å². The molecule has 0 amide bonds. The second-order valence-electron chi connectivity index (χ2n) is 9.16. The summed E-state index contributed by atoms with van der Waals surface area (Å²) in [6, 6.07) is 0. The first-order valence-corrected chi connectivity index (χ1v) is 13.6. The number of rotatable bonds is 24. The van der Waals surface area contributed by atoms with E-state index in [1.54, 1.807) is 0 Å². The van der Waals surface area contributed by atoms with Crippen molar-refractivity contribution >= 4 is 6.79 Å². The molecular formula is C28H58N2O2. The summed E-state index contributed by atoms with van der Waals surface area (Å²) in [6.07, 6.45) is 25.1. The quantitative estimate of drug-likeness (QED) is 0.115. The van der Waals surface area contributed by atoms with Crippen molar-refractivity contribution < 1.29 is 9.53 Å². The van der Waals surface area contributed by atoms with Crippen LogP contribution in [0.1, 0.15) is 110 Å². The molecule has 4 heteroatoms. The number of nitrogens with zero attached hydrogens (tertiary/aromatic N) is 2. The fourth-order valence-corrected chi connectivity index (χ4v) is 3.72. The van der Waals surface area contributed by atoms with E-state index >= 15 is 0 Å². The van der Waals surface area contributed by atoms with Crippen molar-refractivity contribution in [3.63, 3.8) is 0 Å². The van der Waals surface area contributed by atoms with Crippen molar-refractivity contribution in [2.45, 2.75) is 110 Å². The molecule has 0 aliphatic rings. The minimum Gasteiger partial charge on any atom is -0.380 e. The number of ether oxygens (including phenoxy) is 1. The van der Waals surface area contributed by atoms with Crippen molar-refractivity contribution in [1.82, 2.24) is 9.80 Å². The van der Waals surface area contributed by atoms with Crippen molar-refractivity contribution in [1.29, 1.82) is 0 Å². The van der Waals surface area contributed by atoms with E-state index in [0.29, 0.717) is 0 Å². The van der Waals surface area contributed by atoms with Gasteiger partial charge in [0.05, 0.1) is 6.61 Å². The summed E-state index contributed by atoms with van der Waals surface area (Å²) in [5.41, 5.74) is 0. The van der Waals surface area contributed by atoms with Crippen LogP contribution in [-0.2, 0) is 9.53 Å². The molecule has 0 aromatic carbocycles. The van der Waals surface area contributed by atoms with Crippen LogP contribution in [0.2, 0.25) is 0 Å². The Kier molecular flexibility index (Phi) is 31.7. The molecule has 0 saturated carbocycles. The molecule has 0 aromatic rings. The number of hydrogen-bond donors (Lipinski definition) is 0.